The average Bonchev–Trinajstić information content (AvgIpc) is 3.48. The van der Waals surface area contributed by atoms with Crippen molar-refractivity contribution in [2.24, 2.45) is 0 Å². The minimum Gasteiger partial charge on any atom is -0.507 e. The number of amides is 2. The van der Waals surface area contributed by atoms with Crippen LogP contribution in [0.1, 0.15) is 52.4 Å². The molecule has 4 N–H and O–H groups in total. The minimum absolute atomic E-state index is 0. The molecule has 0 aliphatic carbocycles. The quantitative estimate of drug-likeness (QED) is 0.351. The van der Waals surface area contributed by atoms with E-state index in [1.807, 2.05) is 24.9 Å². The van der Waals surface area contributed by atoms with Gasteiger partial charge in [0.25, 0.3) is 0 Å². The molecule has 6 atom stereocenters. The number of aromatic hydroxyl groups is 2. The van der Waals surface area contributed by atoms with Gasteiger partial charge in [-0.3, -0.25) is 19.4 Å². The molecule has 2 radical (unpaired) electrons. The molecule has 48 heavy (non-hydrogen) atoms. The Morgan fingerprint density at radius 2 is 1.79 bits per heavy atom. The smallest absolute Gasteiger partial charge is 0.471 e. The second-order valence-electron chi connectivity index (χ2n) is 12.2. The van der Waals surface area contributed by atoms with E-state index in [1.165, 1.54) is 7.11 Å². The van der Waals surface area contributed by atoms with Gasteiger partial charge in [-0.2, -0.15) is 18.4 Å². The van der Waals surface area contributed by atoms with Gasteiger partial charge in [0, 0.05) is 129 Å². The number of nitrogens with zero attached hydrogens (tertiary/aromatic N) is 3. The number of carbonyl (C=O) groups is 2. The van der Waals surface area contributed by atoms with Gasteiger partial charge >= 0.3 is 12.1 Å². The van der Waals surface area contributed by atoms with Gasteiger partial charge in [-0.1, -0.05) is 6.07 Å². The molecule has 252 valence electrons. The number of piperazine rings is 1. The topological polar surface area (TPSA) is 157 Å². The SMILES string of the molecule is COc1c(C)cc2c(c1O)[C@@H]1C3Cc4c(O)c(C)c5c(c4[C@H](CNC(=O)[C@@H](C)NC(=O)C(F)(F)F)N3[C@@H](C#N)[C@H](C2)N1C)OCO5.[Ac].[Ac]. The molecular formula is C31H34Ac2F3N5O7. The van der Waals surface area contributed by atoms with E-state index in [0.29, 0.717) is 45.9 Å². The fraction of sp³-hybridized carbons (Fsp3) is 0.516. The van der Waals surface area contributed by atoms with Gasteiger partial charge < -0.3 is 35.1 Å². The Morgan fingerprint density at radius 3 is 2.42 bits per heavy atom. The summed E-state index contributed by atoms with van der Waals surface area (Å²) in [5, 5.41) is 38.0. The van der Waals surface area contributed by atoms with Crippen LogP contribution >= 0.6 is 0 Å². The van der Waals surface area contributed by atoms with Gasteiger partial charge in [0.15, 0.2) is 23.0 Å². The Balaban J connectivity index is 0.00000260. The van der Waals surface area contributed by atoms with E-state index in [4.69, 9.17) is 14.2 Å². The van der Waals surface area contributed by atoms with Crippen LogP contribution in [-0.2, 0) is 22.4 Å². The zero-order chi connectivity index (χ0) is 33.4. The van der Waals surface area contributed by atoms with Crippen LogP contribution in [0.5, 0.6) is 28.7 Å². The maximum Gasteiger partial charge on any atom is 0.471 e. The summed E-state index contributed by atoms with van der Waals surface area (Å²) in [7, 11) is 3.35. The van der Waals surface area contributed by atoms with Crippen LogP contribution in [0.2, 0.25) is 0 Å². The number of hydrogen-bond donors (Lipinski definition) is 4. The third-order valence-electron chi connectivity index (χ3n) is 9.76. The minimum atomic E-state index is -5.17. The average molecular weight is 1100 g/mol. The summed E-state index contributed by atoms with van der Waals surface area (Å²) in [5.41, 5.74) is 3.71. The Kier molecular flexibility index (Phi) is 11.9. The first-order valence-electron chi connectivity index (χ1n) is 14.8. The van der Waals surface area contributed by atoms with Crippen molar-refractivity contribution in [1.82, 2.24) is 20.4 Å². The molecule has 1 unspecified atom stereocenters. The zero-order valence-electron chi connectivity index (χ0n) is 26.9. The Bertz CT molecular complexity index is 1690. The Labute approximate surface area is 346 Å². The fourth-order valence-corrected chi connectivity index (χ4v) is 7.74. The molecule has 1 saturated heterocycles. The number of nitrogens with one attached hydrogen (secondary N) is 2. The summed E-state index contributed by atoms with van der Waals surface area (Å²) < 4.78 is 55.7. The number of hydrogen-bond acceptors (Lipinski definition) is 10. The Hall–Kier alpha value is -1.54. The van der Waals surface area contributed by atoms with Crippen LogP contribution in [-0.4, -0.2) is 89.7 Å². The van der Waals surface area contributed by atoms with E-state index in [0.717, 1.165) is 18.1 Å². The number of methoxy groups -OCH3 is 1. The zero-order valence-corrected chi connectivity index (χ0v) is 36.4. The van der Waals surface area contributed by atoms with Crippen molar-refractivity contribution >= 4 is 11.8 Å². The third-order valence-corrected chi connectivity index (χ3v) is 9.76. The van der Waals surface area contributed by atoms with Gasteiger partial charge in [-0.25, -0.2) is 0 Å². The van der Waals surface area contributed by atoms with Gasteiger partial charge in [0.05, 0.1) is 25.3 Å². The molecule has 0 saturated carbocycles. The molecule has 2 aromatic rings. The molecule has 2 amide bonds. The molecule has 1 fully saturated rings. The monoisotopic (exact) mass is 1100 g/mol. The predicted octanol–water partition coefficient (Wildman–Crippen LogP) is 2.41. The number of halogens is 3. The maximum atomic E-state index is 13.0. The first-order chi connectivity index (χ1) is 21.7. The largest absolute Gasteiger partial charge is 0.507 e. The number of alkyl halides is 3. The summed E-state index contributed by atoms with van der Waals surface area (Å²) in [4.78, 5) is 28.5. The first kappa shape index (κ1) is 39.3. The molecule has 0 aromatic heterocycles. The predicted molar refractivity (Wildman–Crippen MR) is 155 cm³/mol. The Morgan fingerprint density at radius 1 is 1.12 bits per heavy atom. The number of aryl methyl sites for hydroxylation is 1. The molecule has 4 aliphatic rings. The van der Waals surface area contributed by atoms with Crippen molar-refractivity contribution in [3.63, 3.8) is 0 Å². The summed E-state index contributed by atoms with van der Waals surface area (Å²) in [6.07, 6.45) is -4.51. The van der Waals surface area contributed by atoms with Crippen molar-refractivity contribution in [2.45, 2.75) is 76.0 Å². The fourth-order valence-electron chi connectivity index (χ4n) is 7.74. The van der Waals surface area contributed by atoms with Crippen molar-refractivity contribution in [3.05, 3.63) is 39.4 Å². The van der Waals surface area contributed by atoms with Crippen molar-refractivity contribution in [3.8, 4) is 34.8 Å². The molecule has 17 heteroatoms. The van der Waals surface area contributed by atoms with E-state index in [1.54, 1.807) is 12.2 Å². The van der Waals surface area contributed by atoms with Crippen molar-refractivity contribution in [1.29, 1.82) is 5.26 Å². The summed E-state index contributed by atoms with van der Waals surface area (Å²) in [5.74, 6) is -2.18. The normalized spacial score (nSPS) is 24.4. The van der Waals surface area contributed by atoms with E-state index < -0.39 is 48.2 Å². The van der Waals surface area contributed by atoms with Gasteiger partial charge in [-0.15, -0.1) is 0 Å². The standard InChI is InChI=1S/C31H34F3N5O7.2Ac/c1-12-6-15-7-17-19(9-35)39-18(23(38(17)4)21(15)25(41)26(12)44-5)8-16-22(28-27(45-11-46-28)13(2)24(16)40)20(39)10-36-29(42)14(3)37-30(43)31(32,33)34;;/h6,14,17-20,23,40-41H,7-8,10-11H2,1-5H3,(H,36,42)(H,37,43);;/t14-,17+,18?,19+,20+,23+;;/m1../s1. The van der Waals surface area contributed by atoms with Gasteiger partial charge in [0.1, 0.15) is 17.8 Å². The van der Waals surface area contributed by atoms with Crippen LogP contribution in [0.4, 0.5) is 13.2 Å². The molecule has 2 bridgehead atoms. The van der Waals surface area contributed by atoms with E-state index >= 15 is 0 Å². The molecule has 2 aromatic carbocycles. The number of likely N-dealkylation sites (N-methyl/N-ethyl adjacent to an activating group) is 1. The van der Waals surface area contributed by atoms with E-state index in [2.05, 4.69) is 16.3 Å². The molecular weight excluding hydrogens is 1070 g/mol. The molecule has 4 heterocycles. The summed E-state index contributed by atoms with van der Waals surface area (Å²) in [6, 6.07) is -0.0339. The molecule has 12 nitrogen and oxygen atoms in total. The number of benzene rings is 2. The van der Waals surface area contributed by atoms with Crippen LogP contribution in [0.25, 0.3) is 0 Å². The second kappa shape index (κ2) is 14.6. The first-order valence-corrected chi connectivity index (χ1v) is 14.8. The molecule has 4 aliphatic heterocycles. The second-order valence-corrected chi connectivity index (χ2v) is 12.2. The van der Waals surface area contributed by atoms with Crippen molar-refractivity contribution in [2.75, 3.05) is 27.5 Å². The number of rotatable bonds is 5. The van der Waals surface area contributed by atoms with Crippen LogP contribution in [0, 0.1) is 113 Å². The van der Waals surface area contributed by atoms with Crippen LogP contribution in [0.3, 0.4) is 0 Å². The van der Waals surface area contributed by atoms with E-state index in [-0.39, 0.29) is 125 Å². The number of ether oxygens (including phenoxy) is 3. The van der Waals surface area contributed by atoms with Crippen LogP contribution < -0.4 is 24.8 Å². The number of phenols is 2. The number of fused-ring (bicyclic) bond motifs is 9. The number of carbonyl (C=O) groups excluding carboxylic acids is 2. The molecule has 6 rings (SSSR count). The maximum absolute atomic E-state index is 13.0. The summed E-state index contributed by atoms with van der Waals surface area (Å²) in [6.45, 7) is 4.33. The molecule has 0 spiro atoms. The van der Waals surface area contributed by atoms with Gasteiger partial charge in [-0.05, 0) is 51.8 Å². The van der Waals surface area contributed by atoms with Gasteiger partial charge in [0.2, 0.25) is 12.7 Å². The number of nitriles is 1. The van der Waals surface area contributed by atoms with Crippen LogP contribution in [0.15, 0.2) is 6.07 Å². The number of phenolic OH excluding ortho intramolecular Hbond substituents is 2. The van der Waals surface area contributed by atoms with E-state index in [9.17, 15) is 38.2 Å². The third kappa shape index (κ3) is 6.30. The van der Waals surface area contributed by atoms with Crippen molar-refractivity contribution < 1.29 is 135 Å². The summed E-state index contributed by atoms with van der Waals surface area (Å²) >= 11 is 0.